The van der Waals surface area contributed by atoms with Crippen LogP contribution >= 0.6 is 11.6 Å². The Morgan fingerprint density at radius 3 is 2.54 bits per heavy atom. The third-order valence-corrected chi connectivity index (χ3v) is 3.70. The normalized spacial score (nSPS) is 36.5. The molecule has 0 radical (unpaired) electrons. The molecule has 0 aromatic heterocycles. The van der Waals surface area contributed by atoms with E-state index in [0.29, 0.717) is 18.0 Å². The first-order valence-electron chi connectivity index (χ1n) is 5.20. The van der Waals surface area contributed by atoms with Crippen LogP contribution in [-0.2, 0) is 4.74 Å². The molecule has 76 valence electrons. The van der Waals surface area contributed by atoms with Crippen LogP contribution in [0.5, 0.6) is 0 Å². The Hall–Kier alpha value is 0.210. The van der Waals surface area contributed by atoms with Gasteiger partial charge in [0.15, 0.2) is 0 Å². The highest BCUT2D eigenvalue weighted by Gasteiger charge is 2.37. The van der Waals surface area contributed by atoms with Crippen molar-refractivity contribution in [1.82, 2.24) is 4.90 Å². The number of ether oxygens (including phenoxy) is 1. The van der Waals surface area contributed by atoms with E-state index < -0.39 is 0 Å². The highest BCUT2D eigenvalue weighted by atomic mass is 35.5. The topological polar surface area (TPSA) is 12.5 Å². The number of fused-ring (bicyclic) bond motifs is 2. The first-order valence-corrected chi connectivity index (χ1v) is 5.74. The molecular formula is C10H18ClNO. The molecule has 0 amide bonds. The molecule has 2 nitrogen and oxygen atoms in total. The number of alkyl halides is 1. The largest absolute Gasteiger partial charge is 0.378 e. The van der Waals surface area contributed by atoms with Crippen LogP contribution in [-0.4, -0.2) is 42.6 Å². The smallest absolute Gasteiger partial charge is 0.0622 e. The molecule has 2 fully saturated rings. The first kappa shape index (κ1) is 9.75. The summed E-state index contributed by atoms with van der Waals surface area (Å²) in [6.45, 7) is 5.25. The Kier molecular flexibility index (Phi) is 3.12. The second-order valence-corrected chi connectivity index (χ2v) is 4.69. The van der Waals surface area contributed by atoms with Gasteiger partial charge in [-0.25, -0.2) is 0 Å². The number of rotatable bonds is 3. The molecular weight excluding hydrogens is 186 g/mol. The summed E-state index contributed by atoms with van der Waals surface area (Å²) in [5.74, 6) is 1.39. The Balaban J connectivity index is 1.91. The van der Waals surface area contributed by atoms with Crippen molar-refractivity contribution in [3.8, 4) is 0 Å². The van der Waals surface area contributed by atoms with Crippen LogP contribution < -0.4 is 0 Å². The minimum absolute atomic E-state index is 0.614. The fourth-order valence-electron chi connectivity index (χ4n) is 2.42. The lowest BCUT2D eigenvalue weighted by Gasteiger charge is -2.35. The zero-order valence-electron chi connectivity index (χ0n) is 8.21. The van der Waals surface area contributed by atoms with Crippen molar-refractivity contribution in [3.05, 3.63) is 0 Å². The molecule has 0 saturated carbocycles. The minimum Gasteiger partial charge on any atom is -0.378 e. The molecule has 0 aromatic rings. The molecule has 13 heavy (non-hydrogen) atoms. The van der Waals surface area contributed by atoms with Crippen LogP contribution in [0.25, 0.3) is 0 Å². The van der Waals surface area contributed by atoms with Crippen LogP contribution in [0.2, 0.25) is 0 Å². The van der Waals surface area contributed by atoms with Gasteiger partial charge in [-0.15, -0.1) is 11.6 Å². The molecule has 3 heteroatoms. The van der Waals surface area contributed by atoms with E-state index in [1.807, 2.05) is 0 Å². The summed E-state index contributed by atoms with van der Waals surface area (Å²) >= 11 is 5.83. The van der Waals surface area contributed by atoms with Crippen LogP contribution in [0.3, 0.4) is 0 Å². The predicted octanol–water partition coefficient (Wildman–Crippen LogP) is 1.72. The van der Waals surface area contributed by atoms with Crippen molar-refractivity contribution in [3.63, 3.8) is 0 Å². The number of nitrogens with zero attached hydrogens (tertiary/aromatic N) is 1. The van der Waals surface area contributed by atoms with E-state index in [-0.39, 0.29) is 0 Å². The number of halogens is 1. The van der Waals surface area contributed by atoms with Gasteiger partial charge in [-0.2, -0.15) is 0 Å². The van der Waals surface area contributed by atoms with Crippen LogP contribution in [0.4, 0.5) is 0 Å². The molecule has 2 aliphatic rings. The Bertz CT molecular complexity index is 160. The van der Waals surface area contributed by atoms with Crippen LogP contribution in [0, 0.1) is 5.92 Å². The van der Waals surface area contributed by atoms with E-state index in [2.05, 4.69) is 11.8 Å². The summed E-state index contributed by atoms with van der Waals surface area (Å²) in [5.41, 5.74) is 0. The molecule has 2 rings (SSSR count). The standard InChI is InChI=1S/C10H18ClNO/c1-8(4-11)5-12-9-2-3-10(12)7-13-6-9/h8-10H,2-7H2,1H3. The zero-order chi connectivity index (χ0) is 9.26. The van der Waals surface area contributed by atoms with Crippen molar-refractivity contribution < 1.29 is 4.74 Å². The van der Waals surface area contributed by atoms with Crippen LogP contribution in [0.1, 0.15) is 19.8 Å². The molecule has 3 atom stereocenters. The van der Waals surface area contributed by atoms with E-state index in [4.69, 9.17) is 16.3 Å². The van der Waals surface area contributed by atoms with Gasteiger partial charge in [-0.05, 0) is 18.8 Å². The van der Waals surface area contributed by atoms with Gasteiger partial charge in [0.1, 0.15) is 0 Å². The molecule has 0 spiro atoms. The highest BCUT2D eigenvalue weighted by molar-refractivity contribution is 6.18. The van der Waals surface area contributed by atoms with Gasteiger partial charge in [0.05, 0.1) is 13.2 Å². The molecule has 0 aliphatic carbocycles. The molecule has 0 N–H and O–H groups in total. The van der Waals surface area contributed by atoms with Gasteiger partial charge in [0.2, 0.25) is 0 Å². The maximum atomic E-state index is 5.83. The summed E-state index contributed by atoms with van der Waals surface area (Å²) in [7, 11) is 0. The van der Waals surface area contributed by atoms with Gasteiger partial charge >= 0.3 is 0 Å². The van der Waals surface area contributed by atoms with E-state index in [9.17, 15) is 0 Å². The Morgan fingerprint density at radius 1 is 1.38 bits per heavy atom. The minimum atomic E-state index is 0.614. The highest BCUT2D eigenvalue weighted by Crippen LogP contribution is 2.29. The summed E-state index contributed by atoms with van der Waals surface area (Å²) in [4.78, 5) is 2.61. The van der Waals surface area contributed by atoms with Gasteiger partial charge in [-0.1, -0.05) is 6.92 Å². The maximum absolute atomic E-state index is 5.83. The zero-order valence-corrected chi connectivity index (χ0v) is 8.96. The monoisotopic (exact) mass is 203 g/mol. The second kappa shape index (κ2) is 4.16. The van der Waals surface area contributed by atoms with Gasteiger partial charge in [0.25, 0.3) is 0 Å². The fourth-order valence-corrected chi connectivity index (χ4v) is 2.52. The van der Waals surface area contributed by atoms with Gasteiger partial charge in [-0.3, -0.25) is 4.90 Å². The first-order chi connectivity index (χ1) is 6.31. The fraction of sp³-hybridized carbons (Fsp3) is 1.00. The molecule has 2 aliphatic heterocycles. The Morgan fingerprint density at radius 2 is 2.00 bits per heavy atom. The summed E-state index contributed by atoms with van der Waals surface area (Å²) in [6, 6.07) is 1.37. The molecule has 2 saturated heterocycles. The Labute approximate surface area is 85.2 Å². The number of hydrogen-bond donors (Lipinski definition) is 0. The lowest BCUT2D eigenvalue weighted by atomic mass is 10.1. The quantitative estimate of drug-likeness (QED) is 0.648. The number of hydrogen-bond acceptors (Lipinski definition) is 2. The van der Waals surface area contributed by atoms with Crippen molar-refractivity contribution in [2.45, 2.75) is 31.8 Å². The molecule has 0 aromatic carbocycles. The molecule has 2 bridgehead atoms. The average molecular weight is 204 g/mol. The van der Waals surface area contributed by atoms with Gasteiger partial charge in [0, 0.05) is 24.5 Å². The van der Waals surface area contributed by atoms with Crippen molar-refractivity contribution >= 4 is 11.6 Å². The summed E-state index contributed by atoms with van der Waals surface area (Å²) in [5, 5.41) is 0. The third kappa shape index (κ3) is 2.00. The van der Waals surface area contributed by atoms with Crippen LogP contribution in [0.15, 0.2) is 0 Å². The van der Waals surface area contributed by atoms with Crippen molar-refractivity contribution in [2.24, 2.45) is 5.92 Å². The van der Waals surface area contributed by atoms with E-state index in [1.165, 1.54) is 12.8 Å². The SMILES string of the molecule is CC(CCl)CN1C2CCC1COC2. The lowest BCUT2D eigenvalue weighted by molar-refractivity contribution is -0.0191. The van der Waals surface area contributed by atoms with E-state index in [1.54, 1.807) is 0 Å². The second-order valence-electron chi connectivity index (χ2n) is 4.38. The van der Waals surface area contributed by atoms with E-state index in [0.717, 1.165) is 25.6 Å². The maximum Gasteiger partial charge on any atom is 0.0622 e. The average Bonchev–Trinajstić information content (AvgIpc) is 2.41. The van der Waals surface area contributed by atoms with Crippen molar-refractivity contribution in [2.75, 3.05) is 25.6 Å². The van der Waals surface area contributed by atoms with E-state index >= 15 is 0 Å². The third-order valence-electron chi connectivity index (χ3n) is 3.18. The van der Waals surface area contributed by atoms with Gasteiger partial charge < -0.3 is 4.74 Å². The summed E-state index contributed by atoms with van der Waals surface area (Å²) < 4.78 is 5.53. The summed E-state index contributed by atoms with van der Waals surface area (Å²) in [6.07, 6.45) is 2.64. The molecule has 2 heterocycles. The number of morpholine rings is 1. The molecule has 3 unspecified atom stereocenters. The van der Waals surface area contributed by atoms with Crippen molar-refractivity contribution in [1.29, 1.82) is 0 Å². The lowest BCUT2D eigenvalue weighted by Crippen LogP contribution is -2.47. The predicted molar refractivity (Wildman–Crippen MR) is 54.2 cm³/mol.